The summed E-state index contributed by atoms with van der Waals surface area (Å²) < 4.78 is 0. The lowest BCUT2D eigenvalue weighted by atomic mass is 10.1. The van der Waals surface area contributed by atoms with Crippen LogP contribution in [0.2, 0.25) is 0 Å². The minimum atomic E-state index is 0.427. The van der Waals surface area contributed by atoms with Gasteiger partial charge in [-0.2, -0.15) is 0 Å². The maximum atomic E-state index is 5.44. The van der Waals surface area contributed by atoms with Crippen LogP contribution in [0.4, 0.5) is 0 Å². The van der Waals surface area contributed by atoms with Crippen molar-refractivity contribution in [1.29, 1.82) is 0 Å². The summed E-state index contributed by atoms with van der Waals surface area (Å²) in [5.41, 5.74) is 7.90. The molecule has 0 bridgehead atoms. The second-order valence-corrected chi connectivity index (χ2v) is 4.96. The van der Waals surface area contributed by atoms with Gasteiger partial charge >= 0.3 is 0 Å². The van der Waals surface area contributed by atoms with Crippen LogP contribution in [0.15, 0.2) is 24.3 Å². The smallest absolute Gasteiger partial charge is 0.0555 e. The van der Waals surface area contributed by atoms with E-state index in [9.17, 15) is 0 Å². The summed E-state index contributed by atoms with van der Waals surface area (Å²) in [7, 11) is 0. The fraction of sp³-hybridized carbons (Fsp3) is 0.500. The standard InChI is InChI=1S/C16H22N2/c1-2-14-9-11-18(12-14)13-16-7-4-3-6-15(16)8-5-10-17/h3-4,6-7,14H,2,9-13,17H2,1H3. The van der Waals surface area contributed by atoms with Crippen LogP contribution in [-0.4, -0.2) is 24.5 Å². The first-order valence-electron chi connectivity index (χ1n) is 6.82. The zero-order valence-electron chi connectivity index (χ0n) is 11.2. The van der Waals surface area contributed by atoms with Crippen molar-refractivity contribution in [2.45, 2.75) is 26.3 Å². The van der Waals surface area contributed by atoms with E-state index in [1.54, 1.807) is 0 Å². The fourth-order valence-corrected chi connectivity index (χ4v) is 2.56. The molecular weight excluding hydrogens is 220 g/mol. The number of nitrogens with two attached hydrogens (primary N) is 1. The minimum absolute atomic E-state index is 0.427. The summed E-state index contributed by atoms with van der Waals surface area (Å²) in [6.07, 6.45) is 2.64. The van der Waals surface area contributed by atoms with Crippen molar-refractivity contribution in [1.82, 2.24) is 4.90 Å². The lowest BCUT2D eigenvalue weighted by Crippen LogP contribution is -2.20. The van der Waals surface area contributed by atoms with Crippen molar-refractivity contribution in [2.75, 3.05) is 19.6 Å². The maximum absolute atomic E-state index is 5.44. The van der Waals surface area contributed by atoms with Crippen molar-refractivity contribution in [3.8, 4) is 11.8 Å². The van der Waals surface area contributed by atoms with Gasteiger partial charge in [0, 0.05) is 18.7 Å². The Balaban J connectivity index is 2.05. The quantitative estimate of drug-likeness (QED) is 0.824. The van der Waals surface area contributed by atoms with Crippen LogP contribution in [0.1, 0.15) is 30.9 Å². The first-order chi connectivity index (χ1) is 8.83. The summed E-state index contributed by atoms with van der Waals surface area (Å²) in [5.74, 6) is 7.00. The van der Waals surface area contributed by atoms with E-state index in [0.29, 0.717) is 6.54 Å². The predicted octanol–water partition coefficient (Wildman–Crippen LogP) is 2.23. The highest BCUT2D eigenvalue weighted by molar-refractivity contribution is 5.41. The summed E-state index contributed by atoms with van der Waals surface area (Å²) in [4.78, 5) is 2.54. The number of benzene rings is 1. The first kappa shape index (κ1) is 13.1. The van der Waals surface area contributed by atoms with Crippen LogP contribution in [0.25, 0.3) is 0 Å². The molecule has 1 fully saturated rings. The number of rotatable bonds is 3. The molecule has 96 valence electrons. The van der Waals surface area contributed by atoms with Crippen LogP contribution in [0.5, 0.6) is 0 Å². The van der Waals surface area contributed by atoms with Crippen molar-refractivity contribution in [3.05, 3.63) is 35.4 Å². The van der Waals surface area contributed by atoms with E-state index in [-0.39, 0.29) is 0 Å². The normalized spacial score (nSPS) is 19.6. The molecule has 1 aliphatic rings. The van der Waals surface area contributed by atoms with Crippen LogP contribution < -0.4 is 5.73 Å². The molecule has 18 heavy (non-hydrogen) atoms. The predicted molar refractivity (Wildman–Crippen MR) is 76.0 cm³/mol. The Morgan fingerprint density at radius 2 is 2.22 bits per heavy atom. The Kier molecular flexibility index (Phi) is 4.81. The highest BCUT2D eigenvalue weighted by Gasteiger charge is 2.21. The van der Waals surface area contributed by atoms with Gasteiger partial charge in [0.15, 0.2) is 0 Å². The Morgan fingerprint density at radius 3 is 2.94 bits per heavy atom. The summed E-state index contributed by atoms with van der Waals surface area (Å²) in [6, 6.07) is 8.41. The second kappa shape index (κ2) is 6.58. The third kappa shape index (κ3) is 3.35. The van der Waals surface area contributed by atoms with Crippen LogP contribution in [-0.2, 0) is 6.54 Å². The monoisotopic (exact) mass is 242 g/mol. The van der Waals surface area contributed by atoms with Crippen molar-refractivity contribution >= 4 is 0 Å². The average molecular weight is 242 g/mol. The zero-order chi connectivity index (χ0) is 12.8. The number of hydrogen-bond donors (Lipinski definition) is 1. The second-order valence-electron chi connectivity index (χ2n) is 4.96. The van der Waals surface area contributed by atoms with Crippen molar-refractivity contribution in [2.24, 2.45) is 11.7 Å². The molecular formula is C16H22N2. The van der Waals surface area contributed by atoms with Gasteiger partial charge in [-0.3, -0.25) is 4.90 Å². The minimum Gasteiger partial charge on any atom is -0.320 e. The molecule has 1 aromatic carbocycles. The van der Waals surface area contributed by atoms with E-state index < -0.39 is 0 Å². The molecule has 1 aromatic rings. The lowest BCUT2D eigenvalue weighted by molar-refractivity contribution is 0.315. The van der Waals surface area contributed by atoms with Gasteiger partial charge in [0.25, 0.3) is 0 Å². The van der Waals surface area contributed by atoms with E-state index in [4.69, 9.17) is 5.73 Å². The molecule has 1 atom stereocenters. The van der Waals surface area contributed by atoms with Gasteiger partial charge in [0.05, 0.1) is 6.54 Å². The Morgan fingerprint density at radius 1 is 1.39 bits per heavy atom. The van der Waals surface area contributed by atoms with E-state index in [1.165, 1.54) is 31.5 Å². The molecule has 0 saturated carbocycles. The van der Waals surface area contributed by atoms with Crippen molar-refractivity contribution < 1.29 is 0 Å². The first-order valence-corrected chi connectivity index (χ1v) is 6.82. The molecule has 0 radical (unpaired) electrons. The molecule has 2 N–H and O–H groups in total. The van der Waals surface area contributed by atoms with Crippen molar-refractivity contribution in [3.63, 3.8) is 0 Å². The largest absolute Gasteiger partial charge is 0.320 e. The van der Waals surface area contributed by atoms with E-state index in [0.717, 1.165) is 18.0 Å². The van der Waals surface area contributed by atoms with E-state index in [2.05, 4.69) is 41.9 Å². The van der Waals surface area contributed by atoms with Crippen LogP contribution in [0.3, 0.4) is 0 Å². The Hall–Kier alpha value is -1.30. The van der Waals surface area contributed by atoms with E-state index in [1.807, 2.05) is 6.07 Å². The number of likely N-dealkylation sites (tertiary alicyclic amines) is 1. The molecule has 0 aliphatic carbocycles. The highest BCUT2D eigenvalue weighted by Crippen LogP contribution is 2.21. The Labute approximate surface area is 110 Å². The van der Waals surface area contributed by atoms with Gasteiger partial charge in [0.1, 0.15) is 0 Å². The summed E-state index contributed by atoms with van der Waals surface area (Å²) in [6.45, 7) is 6.18. The third-order valence-corrected chi connectivity index (χ3v) is 3.68. The van der Waals surface area contributed by atoms with Gasteiger partial charge in [-0.25, -0.2) is 0 Å². The molecule has 0 aromatic heterocycles. The van der Waals surface area contributed by atoms with E-state index >= 15 is 0 Å². The number of nitrogens with zero attached hydrogens (tertiary/aromatic N) is 1. The molecule has 0 spiro atoms. The summed E-state index contributed by atoms with van der Waals surface area (Å²) in [5, 5.41) is 0. The van der Waals surface area contributed by atoms with Crippen LogP contribution in [0, 0.1) is 17.8 Å². The summed E-state index contributed by atoms with van der Waals surface area (Å²) >= 11 is 0. The average Bonchev–Trinajstić information content (AvgIpc) is 2.85. The molecule has 1 unspecified atom stereocenters. The molecule has 0 amide bonds. The molecule has 1 heterocycles. The molecule has 2 nitrogen and oxygen atoms in total. The SMILES string of the molecule is CCC1CCN(Cc2ccccc2C#CCN)C1. The van der Waals surface area contributed by atoms with Gasteiger partial charge in [-0.1, -0.05) is 43.4 Å². The molecule has 1 saturated heterocycles. The van der Waals surface area contributed by atoms with Gasteiger partial charge in [0.2, 0.25) is 0 Å². The van der Waals surface area contributed by atoms with Crippen LogP contribution >= 0.6 is 0 Å². The van der Waals surface area contributed by atoms with Gasteiger partial charge < -0.3 is 5.73 Å². The Bertz CT molecular complexity index is 442. The number of hydrogen-bond acceptors (Lipinski definition) is 2. The molecule has 2 rings (SSSR count). The molecule has 2 heteroatoms. The zero-order valence-corrected chi connectivity index (χ0v) is 11.2. The third-order valence-electron chi connectivity index (χ3n) is 3.68. The van der Waals surface area contributed by atoms with Gasteiger partial charge in [-0.15, -0.1) is 0 Å². The topological polar surface area (TPSA) is 29.3 Å². The fourth-order valence-electron chi connectivity index (χ4n) is 2.56. The lowest BCUT2D eigenvalue weighted by Gasteiger charge is -2.16. The maximum Gasteiger partial charge on any atom is 0.0555 e. The molecule has 1 aliphatic heterocycles. The highest BCUT2D eigenvalue weighted by atomic mass is 15.1. The van der Waals surface area contributed by atoms with Gasteiger partial charge in [-0.05, 0) is 30.5 Å².